The molecule has 0 atom stereocenters. The Morgan fingerprint density at radius 1 is 0.750 bits per heavy atom. The standard InChI is InChI=1S/C18H10Cl3N3/c19-12-7-5-11(6-8-12)14-9-17-22-23-18(21)24(17)10-15(14)13-3-1-2-4-16(13)20/h1-10H. The van der Waals surface area contributed by atoms with E-state index in [0.717, 1.165) is 22.3 Å². The SMILES string of the molecule is Clc1ccc(-c2cc3nnc(Cl)n3cc2-c2ccccc2Cl)cc1. The molecule has 0 saturated carbocycles. The first-order valence-electron chi connectivity index (χ1n) is 7.18. The Hall–Kier alpha value is -2.07. The van der Waals surface area contributed by atoms with Crippen LogP contribution in [0.2, 0.25) is 15.3 Å². The third-order valence-electron chi connectivity index (χ3n) is 3.82. The largest absolute Gasteiger partial charge is 0.273 e. The second kappa shape index (κ2) is 6.10. The summed E-state index contributed by atoms with van der Waals surface area (Å²) in [7, 11) is 0. The number of benzene rings is 2. The summed E-state index contributed by atoms with van der Waals surface area (Å²) in [6, 6.07) is 17.3. The van der Waals surface area contributed by atoms with Gasteiger partial charge in [0.25, 0.3) is 0 Å². The Kier molecular flexibility index (Phi) is 3.93. The lowest BCUT2D eigenvalue weighted by atomic mass is 9.96. The van der Waals surface area contributed by atoms with Crippen molar-refractivity contribution in [2.75, 3.05) is 0 Å². The minimum atomic E-state index is 0.306. The van der Waals surface area contributed by atoms with Crippen LogP contribution in [0, 0.1) is 0 Å². The zero-order valence-corrected chi connectivity index (χ0v) is 14.5. The first-order chi connectivity index (χ1) is 11.6. The minimum Gasteiger partial charge on any atom is -0.273 e. The van der Waals surface area contributed by atoms with Gasteiger partial charge < -0.3 is 0 Å². The summed E-state index contributed by atoms with van der Waals surface area (Å²) in [6.07, 6.45) is 1.91. The van der Waals surface area contributed by atoms with E-state index in [9.17, 15) is 0 Å². The van der Waals surface area contributed by atoms with Gasteiger partial charge >= 0.3 is 0 Å². The maximum atomic E-state index is 6.41. The summed E-state index contributed by atoms with van der Waals surface area (Å²) in [5, 5.41) is 9.68. The van der Waals surface area contributed by atoms with Crippen LogP contribution in [0.5, 0.6) is 0 Å². The molecule has 24 heavy (non-hydrogen) atoms. The molecule has 0 aliphatic rings. The van der Waals surface area contributed by atoms with E-state index in [0.29, 0.717) is 21.0 Å². The van der Waals surface area contributed by atoms with Gasteiger partial charge in [0.15, 0.2) is 5.65 Å². The summed E-state index contributed by atoms with van der Waals surface area (Å²) >= 11 is 18.6. The van der Waals surface area contributed by atoms with E-state index in [4.69, 9.17) is 34.8 Å². The molecule has 0 radical (unpaired) electrons. The van der Waals surface area contributed by atoms with E-state index in [1.54, 1.807) is 4.40 Å². The smallest absolute Gasteiger partial charge is 0.229 e. The number of aromatic nitrogens is 3. The van der Waals surface area contributed by atoms with E-state index in [-0.39, 0.29) is 0 Å². The zero-order valence-electron chi connectivity index (χ0n) is 12.2. The minimum absolute atomic E-state index is 0.306. The first kappa shape index (κ1) is 15.5. The molecule has 2 aromatic carbocycles. The Morgan fingerprint density at radius 2 is 1.50 bits per heavy atom. The first-order valence-corrected chi connectivity index (χ1v) is 8.32. The molecule has 0 N–H and O–H groups in total. The van der Waals surface area contributed by atoms with Gasteiger partial charge in [-0.3, -0.25) is 4.40 Å². The molecule has 0 bridgehead atoms. The third-order valence-corrected chi connectivity index (χ3v) is 4.66. The number of fused-ring (bicyclic) bond motifs is 1. The number of pyridine rings is 1. The average Bonchev–Trinajstić information content (AvgIpc) is 2.95. The maximum absolute atomic E-state index is 6.41. The number of hydrogen-bond acceptors (Lipinski definition) is 2. The molecule has 0 spiro atoms. The van der Waals surface area contributed by atoms with Crippen LogP contribution >= 0.6 is 34.8 Å². The Bertz CT molecular complexity index is 1040. The van der Waals surface area contributed by atoms with Crippen LogP contribution in [0.15, 0.2) is 60.8 Å². The fourth-order valence-electron chi connectivity index (χ4n) is 2.67. The molecule has 0 amide bonds. The van der Waals surface area contributed by atoms with Crippen molar-refractivity contribution < 1.29 is 0 Å². The number of halogens is 3. The van der Waals surface area contributed by atoms with Crippen LogP contribution in [-0.4, -0.2) is 14.6 Å². The number of hydrogen-bond donors (Lipinski definition) is 0. The van der Waals surface area contributed by atoms with Gasteiger partial charge in [0.1, 0.15) is 0 Å². The Balaban J connectivity index is 2.05. The van der Waals surface area contributed by atoms with Crippen LogP contribution in [0.4, 0.5) is 0 Å². The fourth-order valence-corrected chi connectivity index (χ4v) is 3.21. The van der Waals surface area contributed by atoms with Crippen LogP contribution in [0.25, 0.3) is 27.9 Å². The van der Waals surface area contributed by atoms with E-state index in [1.807, 2.05) is 60.8 Å². The van der Waals surface area contributed by atoms with Gasteiger partial charge in [-0.05, 0) is 47.0 Å². The monoisotopic (exact) mass is 373 g/mol. The highest BCUT2D eigenvalue weighted by molar-refractivity contribution is 6.33. The van der Waals surface area contributed by atoms with Crippen LogP contribution in [0.3, 0.4) is 0 Å². The molecule has 0 aliphatic heterocycles. The zero-order chi connectivity index (χ0) is 16.7. The normalized spacial score (nSPS) is 11.1. The molecule has 6 heteroatoms. The highest BCUT2D eigenvalue weighted by Crippen LogP contribution is 2.37. The van der Waals surface area contributed by atoms with Crippen molar-refractivity contribution in [3.8, 4) is 22.3 Å². The maximum Gasteiger partial charge on any atom is 0.229 e. The Labute approximate surface area is 153 Å². The van der Waals surface area contributed by atoms with Crippen LogP contribution in [-0.2, 0) is 0 Å². The van der Waals surface area contributed by atoms with Crippen molar-refractivity contribution in [2.45, 2.75) is 0 Å². The Morgan fingerprint density at radius 3 is 2.25 bits per heavy atom. The van der Waals surface area contributed by atoms with Crippen molar-refractivity contribution in [3.63, 3.8) is 0 Å². The lowest BCUT2D eigenvalue weighted by Crippen LogP contribution is -1.93. The second-order valence-electron chi connectivity index (χ2n) is 5.28. The van der Waals surface area contributed by atoms with Crippen LogP contribution in [0.1, 0.15) is 0 Å². The average molecular weight is 375 g/mol. The second-order valence-corrected chi connectivity index (χ2v) is 6.47. The third kappa shape index (κ3) is 2.65. The van der Waals surface area contributed by atoms with E-state index in [1.165, 1.54) is 0 Å². The summed E-state index contributed by atoms with van der Waals surface area (Å²) in [5.41, 5.74) is 4.51. The molecule has 4 aromatic rings. The van der Waals surface area contributed by atoms with Crippen molar-refractivity contribution in [3.05, 3.63) is 76.1 Å². The molecule has 2 heterocycles. The molecule has 118 valence electrons. The highest BCUT2D eigenvalue weighted by Gasteiger charge is 2.14. The molecule has 0 fully saturated rings. The quantitative estimate of drug-likeness (QED) is 0.429. The molecule has 3 nitrogen and oxygen atoms in total. The molecule has 0 aliphatic carbocycles. The van der Waals surface area contributed by atoms with Crippen molar-refractivity contribution >= 4 is 40.4 Å². The van der Waals surface area contributed by atoms with E-state index >= 15 is 0 Å². The van der Waals surface area contributed by atoms with Crippen LogP contribution < -0.4 is 0 Å². The number of nitrogens with zero attached hydrogens (tertiary/aromatic N) is 3. The summed E-state index contributed by atoms with van der Waals surface area (Å²) in [4.78, 5) is 0. The predicted octanol–water partition coefficient (Wildman–Crippen LogP) is 6.02. The van der Waals surface area contributed by atoms with Gasteiger partial charge in [-0.2, -0.15) is 0 Å². The van der Waals surface area contributed by atoms with Gasteiger partial charge in [0, 0.05) is 27.4 Å². The van der Waals surface area contributed by atoms with Gasteiger partial charge in [-0.1, -0.05) is 53.5 Å². The summed E-state index contributed by atoms with van der Waals surface area (Å²) in [6.45, 7) is 0. The summed E-state index contributed by atoms with van der Waals surface area (Å²) < 4.78 is 1.74. The van der Waals surface area contributed by atoms with Gasteiger partial charge in [-0.25, -0.2) is 0 Å². The molecule has 4 rings (SSSR count). The fraction of sp³-hybridized carbons (Fsp3) is 0. The lowest BCUT2D eigenvalue weighted by molar-refractivity contribution is 1.10. The molecular weight excluding hydrogens is 365 g/mol. The topological polar surface area (TPSA) is 30.2 Å². The molecule has 2 aromatic heterocycles. The predicted molar refractivity (Wildman–Crippen MR) is 98.9 cm³/mol. The van der Waals surface area contributed by atoms with E-state index in [2.05, 4.69) is 10.2 Å². The molecule has 0 saturated heterocycles. The van der Waals surface area contributed by atoms with Crippen molar-refractivity contribution in [2.24, 2.45) is 0 Å². The number of rotatable bonds is 2. The van der Waals surface area contributed by atoms with Gasteiger partial charge in [0.2, 0.25) is 5.28 Å². The molecule has 0 unspecified atom stereocenters. The van der Waals surface area contributed by atoms with Gasteiger partial charge in [0.05, 0.1) is 0 Å². The molecular formula is C18H10Cl3N3. The van der Waals surface area contributed by atoms with Crippen molar-refractivity contribution in [1.82, 2.24) is 14.6 Å². The van der Waals surface area contributed by atoms with E-state index < -0.39 is 0 Å². The highest BCUT2D eigenvalue weighted by atomic mass is 35.5. The lowest BCUT2D eigenvalue weighted by Gasteiger charge is -2.12. The summed E-state index contributed by atoms with van der Waals surface area (Å²) in [5.74, 6) is 0. The van der Waals surface area contributed by atoms with Crippen molar-refractivity contribution in [1.29, 1.82) is 0 Å². The van der Waals surface area contributed by atoms with Gasteiger partial charge in [-0.15, -0.1) is 10.2 Å².